The third kappa shape index (κ3) is 4.43. The van der Waals surface area contributed by atoms with E-state index in [1.165, 1.54) is 38.9 Å². The minimum absolute atomic E-state index is 1.06. The van der Waals surface area contributed by atoms with Gasteiger partial charge < -0.3 is 10.2 Å². The van der Waals surface area contributed by atoms with Crippen LogP contribution in [0.25, 0.3) is 0 Å². The standard InChI is InChI=1S/C9H19BrN2/c10-4-5-11-6-9-12-7-2-1-3-8-12/h11H,1-9H2. The molecule has 0 aromatic carbocycles. The van der Waals surface area contributed by atoms with E-state index >= 15 is 0 Å². The molecule has 1 saturated heterocycles. The number of halogens is 1. The van der Waals surface area contributed by atoms with Gasteiger partial charge in [0.25, 0.3) is 0 Å². The van der Waals surface area contributed by atoms with Crippen molar-refractivity contribution < 1.29 is 0 Å². The van der Waals surface area contributed by atoms with Gasteiger partial charge in [-0.3, -0.25) is 0 Å². The molecule has 0 spiro atoms. The Labute approximate surface area is 83.8 Å². The summed E-state index contributed by atoms with van der Waals surface area (Å²) in [6, 6.07) is 0. The Morgan fingerprint density at radius 3 is 2.50 bits per heavy atom. The lowest BCUT2D eigenvalue weighted by atomic mass is 10.1. The molecule has 1 rings (SSSR count). The molecule has 2 nitrogen and oxygen atoms in total. The van der Waals surface area contributed by atoms with Gasteiger partial charge in [-0.1, -0.05) is 22.4 Å². The summed E-state index contributed by atoms with van der Waals surface area (Å²) >= 11 is 3.40. The fourth-order valence-corrected chi connectivity index (χ4v) is 1.89. The van der Waals surface area contributed by atoms with Crippen LogP contribution in [-0.4, -0.2) is 43.0 Å². The van der Waals surface area contributed by atoms with E-state index in [0.29, 0.717) is 0 Å². The predicted octanol–water partition coefficient (Wildman–Crippen LogP) is 1.46. The molecule has 0 aromatic rings. The van der Waals surface area contributed by atoms with Crippen LogP contribution >= 0.6 is 15.9 Å². The van der Waals surface area contributed by atoms with E-state index < -0.39 is 0 Å². The van der Waals surface area contributed by atoms with Crippen LogP contribution in [0.2, 0.25) is 0 Å². The van der Waals surface area contributed by atoms with Gasteiger partial charge in [-0.15, -0.1) is 0 Å². The summed E-state index contributed by atoms with van der Waals surface area (Å²) in [5, 5.41) is 4.46. The monoisotopic (exact) mass is 234 g/mol. The number of hydrogen-bond donors (Lipinski definition) is 1. The van der Waals surface area contributed by atoms with Crippen molar-refractivity contribution in [1.82, 2.24) is 10.2 Å². The first-order valence-electron chi connectivity index (χ1n) is 4.92. The summed E-state index contributed by atoms with van der Waals surface area (Å²) in [6.07, 6.45) is 4.24. The molecule has 0 atom stereocenters. The van der Waals surface area contributed by atoms with Crippen molar-refractivity contribution in [3.05, 3.63) is 0 Å². The van der Waals surface area contributed by atoms with E-state index in [1.807, 2.05) is 0 Å². The summed E-state index contributed by atoms with van der Waals surface area (Å²) < 4.78 is 0. The van der Waals surface area contributed by atoms with Crippen LogP contribution in [0.3, 0.4) is 0 Å². The maximum atomic E-state index is 3.40. The third-order valence-corrected chi connectivity index (χ3v) is 2.72. The van der Waals surface area contributed by atoms with Gasteiger partial charge in [0.05, 0.1) is 0 Å². The molecule has 0 aromatic heterocycles. The quantitative estimate of drug-likeness (QED) is 0.573. The summed E-state index contributed by atoms with van der Waals surface area (Å²) in [7, 11) is 0. The summed E-state index contributed by atoms with van der Waals surface area (Å²) in [4.78, 5) is 2.56. The fraction of sp³-hybridized carbons (Fsp3) is 1.00. The number of likely N-dealkylation sites (tertiary alicyclic amines) is 1. The number of rotatable bonds is 5. The first kappa shape index (κ1) is 10.5. The van der Waals surface area contributed by atoms with Crippen molar-refractivity contribution in [2.45, 2.75) is 19.3 Å². The molecule has 1 fully saturated rings. The molecule has 0 saturated carbocycles. The maximum absolute atomic E-state index is 3.40. The molecular weight excluding hydrogens is 216 g/mol. The van der Waals surface area contributed by atoms with Crippen LogP contribution in [0.15, 0.2) is 0 Å². The van der Waals surface area contributed by atoms with Crippen LogP contribution in [0.4, 0.5) is 0 Å². The molecule has 0 aliphatic carbocycles. The molecule has 1 N–H and O–H groups in total. The Hall–Kier alpha value is 0.400. The summed E-state index contributed by atoms with van der Waals surface area (Å²) in [5.41, 5.74) is 0. The van der Waals surface area contributed by atoms with E-state index in [9.17, 15) is 0 Å². The lowest BCUT2D eigenvalue weighted by Gasteiger charge is -2.26. The Balaban J connectivity index is 1.91. The van der Waals surface area contributed by atoms with Gasteiger partial charge in [0.1, 0.15) is 0 Å². The van der Waals surface area contributed by atoms with Crippen LogP contribution in [0.5, 0.6) is 0 Å². The van der Waals surface area contributed by atoms with E-state index in [-0.39, 0.29) is 0 Å². The van der Waals surface area contributed by atoms with Crippen molar-refractivity contribution in [2.75, 3.05) is 38.1 Å². The highest BCUT2D eigenvalue weighted by Crippen LogP contribution is 2.06. The molecule has 12 heavy (non-hydrogen) atoms. The number of piperidine rings is 1. The Morgan fingerprint density at radius 1 is 1.08 bits per heavy atom. The van der Waals surface area contributed by atoms with E-state index in [2.05, 4.69) is 26.1 Å². The Bertz CT molecular complexity index is 103. The molecule has 1 aliphatic rings. The van der Waals surface area contributed by atoms with Crippen molar-refractivity contribution in [2.24, 2.45) is 0 Å². The zero-order chi connectivity index (χ0) is 8.65. The van der Waals surface area contributed by atoms with Crippen LogP contribution in [0, 0.1) is 0 Å². The molecule has 0 amide bonds. The fourth-order valence-electron chi connectivity index (χ4n) is 1.61. The summed E-state index contributed by atoms with van der Waals surface area (Å²) in [6.45, 7) is 6.10. The predicted molar refractivity (Wildman–Crippen MR) is 57.0 cm³/mol. The Morgan fingerprint density at radius 2 is 1.83 bits per heavy atom. The summed E-state index contributed by atoms with van der Waals surface area (Å²) in [5.74, 6) is 0. The van der Waals surface area contributed by atoms with Crippen molar-refractivity contribution in [1.29, 1.82) is 0 Å². The van der Waals surface area contributed by atoms with Crippen molar-refractivity contribution in [3.63, 3.8) is 0 Å². The first-order valence-corrected chi connectivity index (χ1v) is 6.04. The molecule has 1 aliphatic heterocycles. The molecule has 3 heteroatoms. The zero-order valence-corrected chi connectivity index (χ0v) is 9.28. The number of nitrogens with one attached hydrogen (secondary N) is 1. The second-order valence-electron chi connectivity index (χ2n) is 3.34. The number of hydrogen-bond acceptors (Lipinski definition) is 2. The lowest BCUT2D eigenvalue weighted by molar-refractivity contribution is 0.229. The average Bonchev–Trinajstić information content (AvgIpc) is 2.14. The highest BCUT2D eigenvalue weighted by atomic mass is 79.9. The normalized spacial score (nSPS) is 19.8. The van der Waals surface area contributed by atoms with Crippen molar-refractivity contribution in [3.8, 4) is 0 Å². The van der Waals surface area contributed by atoms with Crippen molar-refractivity contribution >= 4 is 15.9 Å². The smallest absolute Gasteiger partial charge is 0.0157 e. The first-order chi connectivity index (χ1) is 5.93. The van der Waals surface area contributed by atoms with Crippen LogP contribution in [-0.2, 0) is 0 Å². The maximum Gasteiger partial charge on any atom is 0.0157 e. The van der Waals surface area contributed by atoms with E-state index in [0.717, 1.165) is 18.4 Å². The number of alkyl halides is 1. The average molecular weight is 235 g/mol. The van der Waals surface area contributed by atoms with Gasteiger partial charge >= 0.3 is 0 Å². The highest BCUT2D eigenvalue weighted by molar-refractivity contribution is 9.09. The van der Waals surface area contributed by atoms with Crippen LogP contribution < -0.4 is 5.32 Å². The van der Waals surface area contributed by atoms with Gasteiger partial charge in [-0.25, -0.2) is 0 Å². The third-order valence-electron chi connectivity index (χ3n) is 2.32. The van der Waals surface area contributed by atoms with Gasteiger partial charge in [-0.05, 0) is 25.9 Å². The van der Waals surface area contributed by atoms with Gasteiger partial charge in [0.2, 0.25) is 0 Å². The van der Waals surface area contributed by atoms with E-state index in [4.69, 9.17) is 0 Å². The van der Waals surface area contributed by atoms with Gasteiger partial charge in [-0.2, -0.15) is 0 Å². The van der Waals surface area contributed by atoms with E-state index in [1.54, 1.807) is 0 Å². The molecule has 0 unspecified atom stereocenters. The SMILES string of the molecule is BrCCNCCN1CCCCC1. The second kappa shape index (κ2) is 6.87. The van der Waals surface area contributed by atoms with Gasteiger partial charge in [0, 0.05) is 25.0 Å². The van der Waals surface area contributed by atoms with Gasteiger partial charge in [0.15, 0.2) is 0 Å². The molecular formula is C9H19BrN2. The number of nitrogens with zero attached hydrogens (tertiary/aromatic N) is 1. The lowest BCUT2D eigenvalue weighted by Crippen LogP contribution is -2.36. The molecule has 1 heterocycles. The second-order valence-corrected chi connectivity index (χ2v) is 4.13. The highest BCUT2D eigenvalue weighted by Gasteiger charge is 2.08. The molecule has 0 bridgehead atoms. The molecule has 0 radical (unpaired) electrons. The Kier molecular flexibility index (Phi) is 6.00. The zero-order valence-electron chi connectivity index (χ0n) is 7.69. The van der Waals surface area contributed by atoms with Crippen LogP contribution in [0.1, 0.15) is 19.3 Å². The minimum atomic E-state index is 1.06. The minimum Gasteiger partial charge on any atom is -0.315 e. The largest absolute Gasteiger partial charge is 0.315 e. The topological polar surface area (TPSA) is 15.3 Å². The molecule has 72 valence electrons.